The number of nitrogens with zero attached hydrogens (tertiary/aromatic N) is 4. The maximum Gasteiger partial charge on any atom is 0.305 e. The summed E-state index contributed by atoms with van der Waals surface area (Å²) in [7, 11) is 1.80. The summed E-state index contributed by atoms with van der Waals surface area (Å²) in [5.41, 5.74) is 1.01. The Morgan fingerprint density at radius 2 is 2.10 bits per heavy atom. The molecule has 0 aliphatic rings. The van der Waals surface area contributed by atoms with Crippen LogP contribution < -0.4 is 5.32 Å². The van der Waals surface area contributed by atoms with E-state index >= 15 is 0 Å². The first-order chi connectivity index (χ1) is 9.54. The second-order valence-corrected chi connectivity index (χ2v) is 4.27. The zero-order valence-electron chi connectivity index (χ0n) is 11.0. The molecule has 0 aliphatic carbocycles. The van der Waals surface area contributed by atoms with Crippen LogP contribution in [-0.2, 0) is 24.9 Å². The van der Waals surface area contributed by atoms with Crippen molar-refractivity contribution in [1.82, 2.24) is 24.9 Å². The fourth-order valence-corrected chi connectivity index (χ4v) is 1.64. The van der Waals surface area contributed by atoms with Gasteiger partial charge in [0, 0.05) is 19.4 Å². The Morgan fingerprint density at radius 3 is 2.75 bits per heavy atom. The first-order valence-electron chi connectivity index (χ1n) is 6.06. The SMILES string of the molecule is Cn1ccc(CNC(=O)c2ccn(CCC(=O)O)n2)n1. The minimum Gasteiger partial charge on any atom is -0.481 e. The lowest BCUT2D eigenvalue weighted by molar-refractivity contribution is -0.137. The van der Waals surface area contributed by atoms with Gasteiger partial charge in [0.05, 0.1) is 25.2 Å². The summed E-state index contributed by atoms with van der Waals surface area (Å²) in [5.74, 6) is -1.22. The Balaban J connectivity index is 1.87. The highest BCUT2D eigenvalue weighted by molar-refractivity contribution is 5.92. The molecule has 2 rings (SSSR count). The Kier molecular flexibility index (Phi) is 4.14. The highest BCUT2D eigenvalue weighted by atomic mass is 16.4. The highest BCUT2D eigenvalue weighted by Gasteiger charge is 2.10. The van der Waals surface area contributed by atoms with Crippen LogP contribution in [0.25, 0.3) is 0 Å². The molecule has 2 aromatic rings. The number of carbonyl (C=O) groups is 2. The lowest BCUT2D eigenvalue weighted by Crippen LogP contribution is -2.23. The number of amides is 1. The summed E-state index contributed by atoms with van der Waals surface area (Å²) in [6.07, 6.45) is 3.34. The largest absolute Gasteiger partial charge is 0.481 e. The minimum absolute atomic E-state index is 0.0311. The Morgan fingerprint density at radius 1 is 1.30 bits per heavy atom. The molecule has 0 saturated carbocycles. The molecule has 2 N–H and O–H groups in total. The second kappa shape index (κ2) is 6.00. The standard InChI is InChI=1S/C12H15N5O3/c1-16-5-2-9(14-16)8-13-12(20)10-3-6-17(15-10)7-4-11(18)19/h2-3,5-6H,4,7-8H2,1H3,(H,13,20)(H,18,19). The van der Waals surface area contributed by atoms with E-state index in [1.807, 2.05) is 6.07 Å². The third kappa shape index (κ3) is 3.67. The zero-order chi connectivity index (χ0) is 14.5. The molecule has 0 saturated heterocycles. The van der Waals surface area contributed by atoms with Crippen molar-refractivity contribution < 1.29 is 14.7 Å². The van der Waals surface area contributed by atoms with Crippen molar-refractivity contribution in [3.63, 3.8) is 0 Å². The van der Waals surface area contributed by atoms with Crippen LogP contribution in [-0.4, -0.2) is 36.5 Å². The minimum atomic E-state index is -0.901. The maximum absolute atomic E-state index is 11.8. The second-order valence-electron chi connectivity index (χ2n) is 4.27. The monoisotopic (exact) mass is 277 g/mol. The molecule has 2 heterocycles. The van der Waals surface area contributed by atoms with E-state index in [1.165, 1.54) is 4.68 Å². The van der Waals surface area contributed by atoms with E-state index < -0.39 is 5.97 Å². The summed E-state index contributed by atoms with van der Waals surface area (Å²) in [4.78, 5) is 22.3. The normalized spacial score (nSPS) is 10.4. The predicted octanol–water partition coefficient (Wildman–Crippen LogP) is 0.0213. The summed E-state index contributed by atoms with van der Waals surface area (Å²) >= 11 is 0. The number of aliphatic carboxylic acids is 1. The Hall–Kier alpha value is -2.64. The maximum atomic E-state index is 11.8. The van der Waals surface area contributed by atoms with Gasteiger partial charge in [-0.1, -0.05) is 0 Å². The van der Waals surface area contributed by atoms with Crippen LogP contribution in [0.5, 0.6) is 0 Å². The number of nitrogens with one attached hydrogen (secondary N) is 1. The van der Waals surface area contributed by atoms with Gasteiger partial charge in [-0.3, -0.25) is 19.0 Å². The van der Waals surface area contributed by atoms with Crippen molar-refractivity contribution in [3.8, 4) is 0 Å². The molecule has 8 heteroatoms. The Bertz CT molecular complexity index is 616. The van der Waals surface area contributed by atoms with Gasteiger partial charge < -0.3 is 10.4 Å². The topological polar surface area (TPSA) is 102 Å². The number of rotatable bonds is 6. The van der Waals surface area contributed by atoms with Gasteiger partial charge in [0.15, 0.2) is 0 Å². The Labute approximate surface area is 115 Å². The van der Waals surface area contributed by atoms with Crippen molar-refractivity contribution in [3.05, 3.63) is 35.9 Å². The number of carbonyl (C=O) groups excluding carboxylic acids is 1. The average Bonchev–Trinajstić information content (AvgIpc) is 3.02. The molecule has 0 aromatic carbocycles. The fraction of sp³-hybridized carbons (Fsp3) is 0.333. The first kappa shape index (κ1) is 13.8. The lowest BCUT2D eigenvalue weighted by atomic mass is 10.4. The quantitative estimate of drug-likeness (QED) is 0.775. The molecule has 20 heavy (non-hydrogen) atoms. The van der Waals surface area contributed by atoms with Gasteiger partial charge in [0.2, 0.25) is 0 Å². The van der Waals surface area contributed by atoms with E-state index in [-0.39, 0.29) is 24.6 Å². The molecule has 0 spiro atoms. The predicted molar refractivity (Wildman–Crippen MR) is 68.9 cm³/mol. The van der Waals surface area contributed by atoms with Crippen LogP contribution in [0.3, 0.4) is 0 Å². The third-order valence-corrected chi connectivity index (χ3v) is 2.63. The van der Waals surface area contributed by atoms with Crippen molar-refractivity contribution in [2.24, 2.45) is 7.05 Å². The summed E-state index contributed by atoms with van der Waals surface area (Å²) in [5, 5.41) is 19.4. The van der Waals surface area contributed by atoms with Gasteiger partial charge >= 0.3 is 5.97 Å². The molecule has 2 aromatic heterocycles. The van der Waals surface area contributed by atoms with Crippen LogP contribution >= 0.6 is 0 Å². The lowest BCUT2D eigenvalue weighted by Gasteiger charge is -2.00. The number of hydrogen-bond donors (Lipinski definition) is 2. The smallest absolute Gasteiger partial charge is 0.305 e. The molecule has 106 valence electrons. The summed E-state index contributed by atoms with van der Waals surface area (Å²) < 4.78 is 3.09. The van der Waals surface area contributed by atoms with E-state index in [1.54, 1.807) is 30.2 Å². The van der Waals surface area contributed by atoms with Gasteiger partial charge in [0.25, 0.3) is 5.91 Å². The van der Waals surface area contributed by atoms with E-state index in [0.29, 0.717) is 6.54 Å². The number of aromatic nitrogens is 4. The molecule has 1 amide bonds. The van der Waals surface area contributed by atoms with E-state index in [2.05, 4.69) is 15.5 Å². The molecule has 0 fully saturated rings. The van der Waals surface area contributed by atoms with E-state index in [4.69, 9.17) is 5.11 Å². The molecule has 0 atom stereocenters. The average molecular weight is 277 g/mol. The number of aryl methyl sites for hydroxylation is 2. The zero-order valence-corrected chi connectivity index (χ0v) is 11.0. The molecule has 0 bridgehead atoms. The van der Waals surface area contributed by atoms with Crippen molar-refractivity contribution >= 4 is 11.9 Å². The van der Waals surface area contributed by atoms with Crippen LogP contribution in [0.15, 0.2) is 24.5 Å². The molecule has 0 aliphatic heterocycles. The molecule has 8 nitrogen and oxygen atoms in total. The summed E-state index contributed by atoms with van der Waals surface area (Å²) in [6, 6.07) is 3.36. The third-order valence-electron chi connectivity index (χ3n) is 2.63. The van der Waals surface area contributed by atoms with Crippen LogP contribution in [0, 0.1) is 0 Å². The number of hydrogen-bond acceptors (Lipinski definition) is 4. The van der Waals surface area contributed by atoms with Crippen molar-refractivity contribution in [2.45, 2.75) is 19.5 Å². The number of carboxylic acids is 1. The van der Waals surface area contributed by atoms with Gasteiger partial charge in [0.1, 0.15) is 5.69 Å². The number of carboxylic acid groups (broad SMARTS) is 1. The summed E-state index contributed by atoms with van der Waals surface area (Å²) in [6.45, 7) is 0.560. The molecule has 0 unspecified atom stereocenters. The fourth-order valence-electron chi connectivity index (χ4n) is 1.64. The molecule has 0 radical (unpaired) electrons. The van der Waals surface area contributed by atoms with Gasteiger partial charge in [-0.05, 0) is 12.1 Å². The molecular weight excluding hydrogens is 262 g/mol. The first-order valence-corrected chi connectivity index (χ1v) is 6.06. The van der Waals surface area contributed by atoms with Gasteiger partial charge in [-0.2, -0.15) is 10.2 Å². The van der Waals surface area contributed by atoms with Gasteiger partial charge in [-0.25, -0.2) is 0 Å². The van der Waals surface area contributed by atoms with Gasteiger partial charge in [-0.15, -0.1) is 0 Å². The van der Waals surface area contributed by atoms with E-state index in [0.717, 1.165) is 5.69 Å². The van der Waals surface area contributed by atoms with Crippen LogP contribution in [0.1, 0.15) is 22.6 Å². The van der Waals surface area contributed by atoms with E-state index in [9.17, 15) is 9.59 Å². The highest BCUT2D eigenvalue weighted by Crippen LogP contribution is 1.99. The van der Waals surface area contributed by atoms with Crippen molar-refractivity contribution in [1.29, 1.82) is 0 Å². The molecular formula is C12H15N5O3. The van der Waals surface area contributed by atoms with Crippen LogP contribution in [0.2, 0.25) is 0 Å². The van der Waals surface area contributed by atoms with Crippen molar-refractivity contribution in [2.75, 3.05) is 0 Å². The van der Waals surface area contributed by atoms with Crippen LogP contribution in [0.4, 0.5) is 0 Å².